The molecule has 0 bridgehead atoms. The zero-order valence-corrected chi connectivity index (χ0v) is 16.4. The molecule has 1 aliphatic rings. The molecule has 1 heterocycles. The third-order valence-corrected chi connectivity index (χ3v) is 5.70. The maximum absolute atomic E-state index is 12.9. The summed E-state index contributed by atoms with van der Waals surface area (Å²) >= 11 is 0. The lowest BCUT2D eigenvalue weighted by Crippen LogP contribution is -2.29. The van der Waals surface area contributed by atoms with Gasteiger partial charge in [0.15, 0.2) is 0 Å². The van der Waals surface area contributed by atoms with E-state index in [9.17, 15) is 9.59 Å². The molecule has 1 saturated heterocycles. The van der Waals surface area contributed by atoms with Crippen molar-refractivity contribution in [1.29, 1.82) is 0 Å². The Morgan fingerprint density at radius 3 is 2.10 bits per heavy atom. The average Bonchev–Trinajstić information content (AvgIpc) is 3.13. The van der Waals surface area contributed by atoms with Crippen LogP contribution in [0.4, 0.5) is 0 Å². The third-order valence-electron chi connectivity index (χ3n) is 5.70. The van der Waals surface area contributed by atoms with E-state index in [2.05, 4.69) is 53.8 Å². The average molecular weight is 383 g/mol. The lowest BCUT2D eigenvalue weighted by atomic mass is 9.84. The molecule has 3 aromatic carbocycles. The Labute approximate surface area is 171 Å². The van der Waals surface area contributed by atoms with Crippen molar-refractivity contribution in [2.75, 3.05) is 6.54 Å². The van der Waals surface area contributed by atoms with Crippen LogP contribution >= 0.6 is 0 Å². The Kier molecular flexibility index (Phi) is 5.85. The summed E-state index contributed by atoms with van der Waals surface area (Å²) in [6, 6.07) is 28.7. The fourth-order valence-electron chi connectivity index (χ4n) is 4.11. The van der Waals surface area contributed by atoms with Crippen molar-refractivity contribution >= 4 is 11.7 Å². The van der Waals surface area contributed by atoms with E-state index in [0.717, 1.165) is 12.0 Å². The van der Waals surface area contributed by atoms with Gasteiger partial charge in [-0.1, -0.05) is 84.9 Å². The minimum absolute atomic E-state index is 0.0397. The molecule has 1 aliphatic heterocycles. The number of amides is 1. The minimum atomic E-state index is -0.529. The zero-order chi connectivity index (χ0) is 20.1. The Morgan fingerprint density at radius 2 is 1.41 bits per heavy atom. The van der Waals surface area contributed by atoms with Crippen LogP contribution in [0.1, 0.15) is 17.5 Å². The summed E-state index contributed by atoms with van der Waals surface area (Å²) in [4.78, 5) is 25.2. The van der Waals surface area contributed by atoms with Gasteiger partial charge in [-0.2, -0.15) is 0 Å². The number of hydrogen-bond donors (Lipinski definition) is 1. The van der Waals surface area contributed by atoms with Gasteiger partial charge in [0.2, 0.25) is 5.91 Å². The molecule has 146 valence electrons. The molecule has 2 atom stereocenters. The van der Waals surface area contributed by atoms with Gasteiger partial charge in [-0.3, -0.25) is 9.59 Å². The van der Waals surface area contributed by atoms with Crippen LogP contribution < -0.4 is 5.32 Å². The Bertz CT molecular complexity index is 965. The number of benzene rings is 3. The first-order valence-electron chi connectivity index (χ1n) is 10.2. The van der Waals surface area contributed by atoms with E-state index < -0.39 is 5.92 Å². The van der Waals surface area contributed by atoms with E-state index in [1.165, 1.54) is 16.7 Å². The molecule has 0 radical (unpaired) electrons. The summed E-state index contributed by atoms with van der Waals surface area (Å²) in [7, 11) is 0. The van der Waals surface area contributed by atoms with Gasteiger partial charge in [-0.15, -0.1) is 0 Å². The van der Waals surface area contributed by atoms with Crippen molar-refractivity contribution in [2.24, 2.45) is 11.8 Å². The largest absolute Gasteiger partial charge is 0.355 e. The smallest absolute Gasteiger partial charge is 0.230 e. The summed E-state index contributed by atoms with van der Waals surface area (Å²) in [5.41, 5.74) is 4.64. The van der Waals surface area contributed by atoms with Gasteiger partial charge in [-0.25, -0.2) is 0 Å². The van der Waals surface area contributed by atoms with Crippen molar-refractivity contribution in [2.45, 2.75) is 19.3 Å². The number of hydrogen-bond acceptors (Lipinski definition) is 2. The topological polar surface area (TPSA) is 46.2 Å². The highest BCUT2D eigenvalue weighted by Crippen LogP contribution is 2.26. The second-order valence-corrected chi connectivity index (χ2v) is 7.70. The SMILES string of the molecule is O=C(CCc1ccc(-c2ccccc2)cc1)[C@H]1C(=O)NCC1Cc1ccccc1. The van der Waals surface area contributed by atoms with Crippen molar-refractivity contribution in [1.82, 2.24) is 5.32 Å². The van der Waals surface area contributed by atoms with Crippen LogP contribution in [0.2, 0.25) is 0 Å². The lowest BCUT2D eigenvalue weighted by Gasteiger charge is -2.16. The van der Waals surface area contributed by atoms with Crippen molar-refractivity contribution < 1.29 is 9.59 Å². The van der Waals surface area contributed by atoms with Crippen LogP contribution in [-0.2, 0) is 22.4 Å². The van der Waals surface area contributed by atoms with Crippen LogP contribution in [0.15, 0.2) is 84.9 Å². The fourth-order valence-corrected chi connectivity index (χ4v) is 4.11. The predicted molar refractivity (Wildman–Crippen MR) is 115 cm³/mol. The molecular weight excluding hydrogens is 358 g/mol. The van der Waals surface area contributed by atoms with Crippen molar-refractivity contribution in [3.8, 4) is 11.1 Å². The molecule has 3 heteroatoms. The number of carbonyl (C=O) groups excluding carboxylic acids is 2. The normalized spacial score (nSPS) is 18.4. The molecule has 4 rings (SSSR count). The highest BCUT2D eigenvalue weighted by molar-refractivity contribution is 6.03. The lowest BCUT2D eigenvalue weighted by molar-refractivity contribution is -0.132. The van der Waals surface area contributed by atoms with Crippen molar-refractivity contribution in [3.63, 3.8) is 0 Å². The zero-order valence-electron chi connectivity index (χ0n) is 16.4. The quantitative estimate of drug-likeness (QED) is 0.612. The van der Waals surface area contributed by atoms with Gasteiger partial charge in [0.1, 0.15) is 11.7 Å². The van der Waals surface area contributed by atoms with Gasteiger partial charge in [0, 0.05) is 13.0 Å². The predicted octanol–water partition coefficient (Wildman–Crippen LogP) is 4.46. The second-order valence-electron chi connectivity index (χ2n) is 7.70. The van der Waals surface area contributed by atoms with Gasteiger partial charge in [-0.05, 0) is 41.0 Å². The van der Waals surface area contributed by atoms with Gasteiger partial charge >= 0.3 is 0 Å². The number of Topliss-reactive ketones (excluding diaryl/α,β-unsaturated/α-hetero) is 1. The van der Waals surface area contributed by atoms with E-state index in [1.807, 2.05) is 36.4 Å². The van der Waals surface area contributed by atoms with Crippen LogP contribution in [0.25, 0.3) is 11.1 Å². The number of aryl methyl sites for hydroxylation is 1. The highest BCUT2D eigenvalue weighted by atomic mass is 16.2. The monoisotopic (exact) mass is 383 g/mol. The van der Waals surface area contributed by atoms with Crippen LogP contribution in [-0.4, -0.2) is 18.2 Å². The van der Waals surface area contributed by atoms with E-state index in [-0.39, 0.29) is 17.6 Å². The first-order valence-corrected chi connectivity index (χ1v) is 10.2. The van der Waals surface area contributed by atoms with E-state index in [4.69, 9.17) is 0 Å². The molecule has 3 aromatic rings. The summed E-state index contributed by atoms with van der Waals surface area (Å²) in [6.07, 6.45) is 1.81. The number of rotatable bonds is 7. The van der Waals surface area contributed by atoms with Gasteiger partial charge < -0.3 is 5.32 Å². The molecule has 1 unspecified atom stereocenters. The Balaban J connectivity index is 1.37. The molecule has 0 aromatic heterocycles. The summed E-state index contributed by atoms with van der Waals surface area (Å²) in [6.45, 7) is 0.579. The standard InChI is InChI=1S/C26H25NO2/c28-24(25-23(18-27-26(25)29)17-20-7-3-1-4-8-20)16-13-19-11-14-22(15-12-19)21-9-5-2-6-10-21/h1-12,14-15,23,25H,13,16-18H2,(H,27,29)/t23?,25-/m0/s1. The first-order chi connectivity index (χ1) is 14.2. The maximum Gasteiger partial charge on any atom is 0.230 e. The van der Waals surface area contributed by atoms with Gasteiger partial charge in [0.05, 0.1) is 0 Å². The molecular formula is C26H25NO2. The molecule has 0 aliphatic carbocycles. The Hall–Kier alpha value is -3.20. The molecule has 1 fully saturated rings. The molecule has 1 amide bonds. The minimum Gasteiger partial charge on any atom is -0.355 e. The van der Waals surface area contributed by atoms with Crippen LogP contribution in [0, 0.1) is 11.8 Å². The molecule has 3 nitrogen and oxygen atoms in total. The van der Waals surface area contributed by atoms with Crippen molar-refractivity contribution in [3.05, 3.63) is 96.1 Å². The van der Waals surface area contributed by atoms with Gasteiger partial charge in [0.25, 0.3) is 0 Å². The molecule has 1 N–H and O–H groups in total. The summed E-state index contributed by atoms with van der Waals surface area (Å²) in [5.74, 6) is -0.555. The summed E-state index contributed by atoms with van der Waals surface area (Å²) in [5, 5.41) is 2.88. The maximum atomic E-state index is 12.9. The molecule has 0 saturated carbocycles. The van der Waals surface area contributed by atoms with Crippen LogP contribution in [0.3, 0.4) is 0 Å². The number of ketones is 1. The second kappa shape index (κ2) is 8.87. The third kappa shape index (κ3) is 4.62. The molecule has 0 spiro atoms. The van der Waals surface area contributed by atoms with E-state index in [0.29, 0.717) is 19.4 Å². The molecule has 29 heavy (non-hydrogen) atoms. The van der Waals surface area contributed by atoms with E-state index >= 15 is 0 Å². The van der Waals surface area contributed by atoms with E-state index in [1.54, 1.807) is 0 Å². The highest BCUT2D eigenvalue weighted by Gasteiger charge is 2.39. The number of nitrogens with one attached hydrogen (secondary N) is 1. The van der Waals surface area contributed by atoms with Crippen LogP contribution in [0.5, 0.6) is 0 Å². The Morgan fingerprint density at radius 1 is 0.793 bits per heavy atom. The number of carbonyl (C=O) groups is 2. The fraction of sp³-hybridized carbons (Fsp3) is 0.231. The summed E-state index contributed by atoms with van der Waals surface area (Å²) < 4.78 is 0. The first kappa shape index (κ1) is 19.1.